The van der Waals surface area contributed by atoms with E-state index in [-0.39, 0.29) is 5.60 Å². The molecule has 0 amide bonds. The summed E-state index contributed by atoms with van der Waals surface area (Å²) < 4.78 is 4.55. The lowest BCUT2D eigenvalue weighted by Crippen LogP contribution is -2.17. The third kappa shape index (κ3) is 9.77. The van der Waals surface area contributed by atoms with E-state index < -0.39 is 0 Å². The second-order valence-electron chi connectivity index (χ2n) is 5.27. The molecule has 0 N–H and O–H groups in total. The van der Waals surface area contributed by atoms with Gasteiger partial charge in [-0.1, -0.05) is 45.4 Å². The van der Waals surface area contributed by atoms with Gasteiger partial charge in [0, 0.05) is 0 Å². The first-order valence-corrected chi connectivity index (χ1v) is 6.11. The summed E-state index contributed by atoms with van der Waals surface area (Å²) >= 11 is 0. The highest BCUT2D eigenvalue weighted by molar-refractivity contribution is 5.37. The molecule has 0 unspecified atom stereocenters. The minimum atomic E-state index is -0.318. The molecule has 0 saturated heterocycles. The summed E-state index contributed by atoms with van der Waals surface area (Å²) in [5.41, 5.74) is -0.318. The van der Waals surface area contributed by atoms with Crippen LogP contribution in [0.4, 0.5) is 0 Å². The maximum Gasteiger partial charge on any atom is 0.293 e. The van der Waals surface area contributed by atoms with E-state index in [0.29, 0.717) is 6.47 Å². The van der Waals surface area contributed by atoms with Gasteiger partial charge in [0.25, 0.3) is 6.47 Å². The van der Waals surface area contributed by atoms with Gasteiger partial charge in [-0.3, -0.25) is 4.79 Å². The summed E-state index contributed by atoms with van der Waals surface area (Å²) in [5, 5.41) is 0. The highest BCUT2D eigenvalue weighted by Crippen LogP contribution is 2.30. The van der Waals surface area contributed by atoms with Crippen molar-refractivity contribution in [2.75, 3.05) is 0 Å². The lowest BCUT2D eigenvalue weighted by atomic mass is 9.82. The maximum absolute atomic E-state index is 9.60. The normalized spacial score (nSPS) is 16.0. The molecule has 0 aromatic rings. The van der Waals surface area contributed by atoms with Crippen molar-refractivity contribution in [2.45, 2.75) is 71.8 Å². The molecule has 1 rings (SSSR count). The Morgan fingerprint density at radius 3 is 2.13 bits per heavy atom. The van der Waals surface area contributed by atoms with Crippen molar-refractivity contribution in [2.24, 2.45) is 5.92 Å². The Morgan fingerprint density at radius 1 is 1.33 bits per heavy atom. The van der Waals surface area contributed by atoms with Crippen LogP contribution in [0.2, 0.25) is 0 Å². The smallest absolute Gasteiger partial charge is 0.293 e. The quantitative estimate of drug-likeness (QED) is 0.663. The third-order valence-corrected chi connectivity index (χ3v) is 2.59. The minimum Gasteiger partial charge on any atom is -0.462 e. The Kier molecular flexibility index (Phi) is 7.45. The third-order valence-electron chi connectivity index (χ3n) is 2.59. The van der Waals surface area contributed by atoms with Crippen molar-refractivity contribution < 1.29 is 9.53 Å². The maximum atomic E-state index is 9.60. The van der Waals surface area contributed by atoms with Gasteiger partial charge in [-0.2, -0.15) is 0 Å². The Hall–Kier alpha value is -0.530. The molecule has 1 saturated carbocycles. The topological polar surface area (TPSA) is 26.3 Å². The van der Waals surface area contributed by atoms with Gasteiger partial charge < -0.3 is 4.74 Å². The van der Waals surface area contributed by atoms with E-state index in [0.717, 1.165) is 5.92 Å². The van der Waals surface area contributed by atoms with Crippen molar-refractivity contribution in [3.05, 3.63) is 0 Å². The van der Waals surface area contributed by atoms with Gasteiger partial charge in [-0.05, 0) is 26.7 Å². The van der Waals surface area contributed by atoms with Crippen LogP contribution < -0.4 is 0 Å². The van der Waals surface area contributed by atoms with Crippen LogP contribution in [0, 0.1) is 5.92 Å². The zero-order chi connectivity index (χ0) is 11.7. The second-order valence-corrected chi connectivity index (χ2v) is 5.27. The average molecular weight is 214 g/mol. The fraction of sp³-hybridized carbons (Fsp3) is 0.923. The zero-order valence-corrected chi connectivity index (χ0v) is 10.7. The summed E-state index contributed by atoms with van der Waals surface area (Å²) in [7, 11) is 0. The SMILES string of the molecule is CC(C)(C)OC=O.CCCCC1CCC1. The molecule has 15 heavy (non-hydrogen) atoms. The number of hydrogen-bond donors (Lipinski definition) is 0. The first-order valence-electron chi connectivity index (χ1n) is 6.11. The van der Waals surface area contributed by atoms with Gasteiger partial charge in [0.2, 0.25) is 0 Å². The molecule has 90 valence electrons. The van der Waals surface area contributed by atoms with Crippen molar-refractivity contribution >= 4 is 6.47 Å². The fourth-order valence-electron chi connectivity index (χ4n) is 1.42. The molecule has 0 heterocycles. The molecule has 2 nitrogen and oxygen atoms in total. The highest BCUT2D eigenvalue weighted by atomic mass is 16.5. The van der Waals surface area contributed by atoms with Crippen molar-refractivity contribution in [1.29, 1.82) is 0 Å². The number of carbonyl (C=O) groups excluding carboxylic acids is 1. The Balaban J connectivity index is 0.000000265. The number of carbonyl (C=O) groups is 1. The lowest BCUT2D eigenvalue weighted by Gasteiger charge is -2.24. The zero-order valence-electron chi connectivity index (χ0n) is 10.7. The minimum absolute atomic E-state index is 0.318. The largest absolute Gasteiger partial charge is 0.462 e. The molecule has 1 aliphatic carbocycles. The van der Waals surface area contributed by atoms with E-state index in [1.165, 1.54) is 38.5 Å². The van der Waals surface area contributed by atoms with Crippen LogP contribution in [0.5, 0.6) is 0 Å². The lowest BCUT2D eigenvalue weighted by molar-refractivity contribution is -0.138. The molecule has 0 atom stereocenters. The molecular formula is C13H26O2. The van der Waals surface area contributed by atoms with E-state index in [9.17, 15) is 4.79 Å². The number of hydrogen-bond acceptors (Lipinski definition) is 2. The first kappa shape index (κ1) is 14.5. The first-order chi connectivity index (χ1) is 6.99. The number of rotatable bonds is 4. The van der Waals surface area contributed by atoms with Crippen LogP contribution in [0.1, 0.15) is 66.2 Å². The van der Waals surface area contributed by atoms with E-state index in [1.54, 1.807) is 0 Å². The molecular weight excluding hydrogens is 188 g/mol. The fourth-order valence-corrected chi connectivity index (χ4v) is 1.42. The van der Waals surface area contributed by atoms with Crippen LogP contribution in [0.25, 0.3) is 0 Å². The molecule has 1 aliphatic rings. The van der Waals surface area contributed by atoms with Gasteiger partial charge in [0.05, 0.1) is 0 Å². The van der Waals surface area contributed by atoms with E-state index in [2.05, 4.69) is 11.7 Å². The average Bonchev–Trinajstić information content (AvgIpc) is 2.00. The van der Waals surface area contributed by atoms with Crippen LogP contribution in [0.15, 0.2) is 0 Å². The summed E-state index contributed by atoms with van der Waals surface area (Å²) in [6, 6.07) is 0. The Labute approximate surface area is 94.4 Å². The van der Waals surface area contributed by atoms with Crippen molar-refractivity contribution in [3.63, 3.8) is 0 Å². The standard InChI is InChI=1S/C8H16.C5H10O2/c1-2-3-5-8-6-4-7-8;1-5(2,3)7-4-6/h8H,2-7H2,1H3;4H,1-3H3. The van der Waals surface area contributed by atoms with Crippen molar-refractivity contribution in [3.8, 4) is 0 Å². The van der Waals surface area contributed by atoms with E-state index in [4.69, 9.17) is 0 Å². The van der Waals surface area contributed by atoms with Crippen molar-refractivity contribution in [1.82, 2.24) is 0 Å². The molecule has 0 aliphatic heterocycles. The monoisotopic (exact) mass is 214 g/mol. The molecule has 0 aromatic heterocycles. The summed E-state index contributed by atoms with van der Waals surface area (Å²) in [6.07, 6.45) is 8.92. The summed E-state index contributed by atoms with van der Waals surface area (Å²) in [5.74, 6) is 1.13. The summed E-state index contributed by atoms with van der Waals surface area (Å²) in [6.45, 7) is 8.20. The van der Waals surface area contributed by atoms with Gasteiger partial charge in [0.15, 0.2) is 0 Å². The summed E-state index contributed by atoms with van der Waals surface area (Å²) in [4.78, 5) is 9.60. The van der Waals surface area contributed by atoms with E-state index in [1.807, 2.05) is 20.8 Å². The molecule has 0 spiro atoms. The molecule has 1 fully saturated rings. The highest BCUT2D eigenvalue weighted by Gasteiger charge is 2.15. The predicted molar refractivity (Wildman–Crippen MR) is 63.8 cm³/mol. The number of unbranched alkanes of at least 4 members (excludes halogenated alkanes) is 1. The van der Waals surface area contributed by atoms with Crippen LogP contribution in [-0.4, -0.2) is 12.1 Å². The Bertz CT molecular complexity index is 154. The van der Waals surface area contributed by atoms with Gasteiger partial charge in [-0.15, -0.1) is 0 Å². The second kappa shape index (κ2) is 7.72. The van der Waals surface area contributed by atoms with Crippen LogP contribution in [0.3, 0.4) is 0 Å². The van der Waals surface area contributed by atoms with E-state index >= 15 is 0 Å². The molecule has 2 heteroatoms. The van der Waals surface area contributed by atoms with Gasteiger partial charge in [-0.25, -0.2) is 0 Å². The van der Waals surface area contributed by atoms with Crippen LogP contribution in [-0.2, 0) is 9.53 Å². The predicted octanol–water partition coefficient (Wildman–Crippen LogP) is 3.93. The molecule has 0 aromatic carbocycles. The number of ether oxygens (including phenoxy) is 1. The molecule has 0 bridgehead atoms. The molecule has 0 radical (unpaired) electrons. The van der Waals surface area contributed by atoms with Gasteiger partial charge >= 0.3 is 0 Å². The van der Waals surface area contributed by atoms with Gasteiger partial charge in [0.1, 0.15) is 5.60 Å². The Morgan fingerprint density at radius 2 is 1.93 bits per heavy atom. The van der Waals surface area contributed by atoms with Crippen LogP contribution >= 0.6 is 0 Å².